The molecule has 1 rings (SSSR count). The summed E-state index contributed by atoms with van der Waals surface area (Å²) in [6.45, 7) is 11.8. The van der Waals surface area contributed by atoms with E-state index in [0.29, 0.717) is 5.41 Å². The highest BCUT2D eigenvalue weighted by molar-refractivity contribution is 4.89. The van der Waals surface area contributed by atoms with Crippen LogP contribution in [-0.2, 0) is 4.74 Å². The third-order valence-corrected chi connectivity index (χ3v) is 2.16. The van der Waals surface area contributed by atoms with Gasteiger partial charge >= 0.3 is 0 Å². The molecule has 0 amide bonds. The van der Waals surface area contributed by atoms with Gasteiger partial charge in [0.05, 0.1) is 12.2 Å². The van der Waals surface area contributed by atoms with Crippen LogP contribution in [0.15, 0.2) is 0 Å². The molecule has 0 aromatic carbocycles. The van der Waals surface area contributed by atoms with Crippen molar-refractivity contribution in [2.24, 2.45) is 5.41 Å². The first-order valence-corrected chi connectivity index (χ1v) is 4.63. The van der Waals surface area contributed by atoms with Crippen molar-refractivity contribution in [2.45, 2.75) is 33.3 Å². The summed E-state index contributed by atoms with van der Waals surface area (Å²) in [7, 11) is 2.15. The molecule has 0 aliphatic carbocycles. The van der Waals surface area contributed by atoms with E-state index in [2.05, 4.69) is 39.6 Å². The third-order valence-electron chi connectivity index (χ3n) is 2.16. The largest absolute Gasteiger partial charge is 0.375 e. The second-order valence-electron chi connectivity index (χ2n) is 5.38. The topological polar surface area (TPSA) is 12.5 Å². The van der Waals surface area contributed by atoms with Crippen molar-refractivity contribution >= 4 is 0 Å². The summed E-state index contributed by atoms with van der Waals surface area (Å²) in [5.41, 5.74) is 0.416. The lowest BCUT2D eigenvalue weighted by molar-refractivity contribution is -0.0945. The fourth-order valence-electron chi connectivity index (χ4n) is 1.74. The van der Waals surface area contributed by atoms with Crippen LogP contribution in [0.3, 0.4) is 0 Å². The standard InChI is InChI=1S/C10H21NO/c1-9(2,3)12-8-10(4)6-11(5)7-10/h6-8H2,1-5H3. The highest BCUT2D eigenvalue weighted by atomic mass is 16.5. The Morgan fingerprint density at radius 1 is 1.33 bits per heavy atom. The predicted octanol–water partition coefficient (Wildman–Crippen LogP) is 1.75. The second-order valence-corrected chi connectivity index (χ2v) is 5.38. The van der Waals surface area contributed by atoms with Gasteiger partial charge in [0.2, 0.25) is 0 Å². The first-order valence-electron chi connectivity index (χ1n) is 4.63. The zero-order valence-corrected chi connectivity index (χ0v) is 8.98. The minimum atomic E-state index is 0.0111. The molecular formula is C10H21NO. The molecule has 1 fully saturated rings. The minimum Gasteiger partial charge on any atom is -0.375 e. The fraction of sp³-hybridized carbons (Fsp3) is 1.00. The van der Waals surface area contributed by atoms with Crippen LogP contribution >= 0.6 is 0 Å². The van der Waals surface area contributed by atoms with Crippen molar-refractivity contribution in [3.8, 4) is 0 Å². The predicted molar refractivity (Wildman–Crippen MR) is 51.3 cm³/mol. The average molecular weight is 171 g/mol. The molecule has 0 saturated carbocycles. The summed E-state index contributed by atoms with van der Waals surface area (Å²) in [6, 6.07) is 0. The highest BCUT2D eigenvalue weighted by Crippen LogP contribution is 2.29. The monoisotopic (exact) mass is 171 g/mol. The van der Waals surface area contributed by atoms with Gasteiger partial charge in [-0.1, -0.05) is 6.92 Å². The number of rotatable bonds is 2. The minimum absolute atomic E-state index is 0.0111. The van der Waals surface area contributed by atoms with Crippen LogP contribution in [0.1, 0.15) is 27.7 Å². The van der Waals surface area contributed by atoms with E-state index in [4.69, 9.17) is 4.74 Å². The summed E-state index contributed by atoms with van der Waals surface area (Å²) < 4.78 is 5.76. The van der Waals surface area contributed by atoms with Crippen molar-refractivity contribution < 1.29 is 4.74 Å². The van der Waals surface area contributed by atoms with Gasteiger partial charge in [0.25, 0.3) is 0 Å². The Kier molecular flexibility index (Phi) is 2.50. The Morgan fingerprint density at radius 3 is 2.17 bits per heavy atom. The maximum absolute atomic E-state index is 5.76. The van der Waals surface area contributed by atoms with E-state index in [1.54, 1.807) is 0 Å². The van der Waals surface area contributed by atoms with Crippen molar-refractivity contribution in [1.29, 1.82) is 0 Å². The van der Waals surface area contributed by atoms with Gasteiger partial charge in [-0.25, -0.2) is 0 Å². The number of likely N-dealkylation sites (tertiary alicyclic amines) is 1. The Morgan fingerprint density at radius 2 is 1.83 bits per heavy atom. The molecular weight excluding hydrogens is 150 g/mol. The fourth-order valence-corrected chi connectivity index (χ4v) is 1.74. The molecule has 0 N–H and O–H groups in total. The van der Waals surface area contributed by atoms with Crippen LogP contribution in [0.2, 0.25) is 0 Å². The van der Waals surface area contributed by atoms with Gasteiger partial charge in [-0.3, -0.25) is 0 Å². The Balaban J connectivity index is 2.24. The van der Waals surface area contributed by atoms with E-state index >= 15 is 0 Å². The molecule has 2 nitrogen and oxygen atoms in total. The Labute approximate surface area is 75.9 Å². The summed E-state index contributed by atoms with van der Waals surface area (Å²) in [4.78, 5) is 2.33. The molecule has 0 radical (unpaired) electrons. The third kappa shape index (κ3) is 2.76. The van der Waals surface area contributed by atoms with E-state index in [-0.39, 0.29) is 5.60 Å². The van der Waals surface area contributed by atoms with Gasteiger partial charge in [0.15, 0.2) is 0 Å². The van der Waals surface area contributed by atoms with E-state index in [9.17, 15) is 0 Å². The maximum atomic E-state index is 5.76. The van der Waals surface area contributed by atoms with Crippen LogP contribution in [-0.4, -0.2) is 37.2 Å². The van der Waals surface area contributed by atoms with E-state index < -0.39 is 0 Å². The van der Waals surface area contributed by atoms with E-state index in [1.807, 2.05) is 0 Å². The van der Waals surface area contributed by atoms with Crippen molar-refractivity contribution in [3.05, 3.63) is 0 Å². The first-order chi connectivity index (χ1) is 5.31. The molecule has 1 aliphatic heterocycles. The highest BCUT2D eigenvalue weighted by Gasteiger charge is 2.37. The second kappa shape index (κ2) is 3.00. The molecule has 0 aromatic heterocycles. The van der Waals surface area contributed by atoms with Gasteiger partial charge in [-0.2, -0.15) is 0 Å². The molecule has 1 heterocycles. The lowest BCUT2D eigenvalue weighted by Crippen LogP contribution is -2.55. The summed E-state index contributed by atoms with van der Waals surface area (Å²) in [5, 5.41) is 0. The zero-order chi connectivity index (χ0) is 9.41. The van der Waals surface area contributed by atoms with Gasteiger partial charge in [-0.15, -0.1) is 0 Å². The molecule has 2 heteroatoms. The van der Waals surface area contributed by atoms with Crippen LogP contribution < -0.4 is 0 Å². The van der Waals surface area contributed by atoms with Crippen molar-refractivity contribution in [1.82, 2.24) is 4.90 Å². The van der Waals surface area contributed by atoms with Crippen molar-refractivity contribution in [3.63, 3.8) is 0 Å². The van der Waals surface area contributed by atoms with Gasteiger partial charge < -0.3 is 9.64 Å². The molecule has 72 valence electrons. The molecule has 0 atom stereocenters. The maximum Gasteiger partial charge on any atom is 0.0598 e. The number of ether oxygens (including phenoxy) is 1. The summed E-state index contributed by atoms with van der Waals surface area (Å²) in [6.07, 6.45) is 0. The molecule has 0 spiro atoms. The van der Waals surface area contributed by atoms with Gasteiger partial charge in [-0.05, 0) is 27.8 Å². The van der Waals surface area contributed by atoms with Gasteiger partial charge in [0, 0.05) is 18.5 Å². The SMILES string of the molecule is CN1CC(C)(COC(C)(C)C)C1. The van der Waals surface area contributed by atoms with Crippen LogP contribution in [0.4, 0.5) is 0 Å². The number of hydrogen-bond donors (Lipinski definition) is 0. The number of hydrogen-bond acceptors (Lipinski definition) is 2. The van der Waals surface area contributed by atoms with E-state index in [1.165, 1.54) is 13.1 Å². The lowest BCUT2D eigenvalue weighted by Gasteiger charge is -2.46. The molecule has 1 saturated heterocycles. The molecule has 0 unspecified atom stereocenters. The smallest absolute Gasteiger partial charge is 0.0598 e. The van der Waals surface area contributed by atoms with Crippen LogP contribution in [0.25, 0.3) is 0 Å². The number of nitrogens with zero attached hydrogens (tertiary/aromatic N) is 1. The zero-order valence-electron chi connectivity index (χ0n) is 8.98. The van der Waals surface area contributed by atoms with Crippen molar-refractivity contribution in [2.75, 3.05) is 26.7 Å². The Bertz CT molecular complexity index is 154. The Hall–Kier alpha value is -0.0800. The van der Waals surface area contributed by atoms with Crippen LogP contribution in [0, 0.1) is 5.41 Å². The molecule has 1 aliphatic rings. The normalized spacial score (nSPS) is 23.8. The molecule has 0 bridgehead atoms. The first kappa shape index (κ1) is 10.0. The summed E-state index contributed by atoms with van der Waals surface area (Å²) >= 11 is 0. The van der Waals surface area contributed by atoms with Crippen LogP contribution in [0.5, 0.6) is 0 Å². The summed E-state index contributed by atoms with van der Waals surface area (Å²) in [5.74, 6) is 0. The van der Waals surface area contributed by atoms with E-state index in [0.717, 1.165) is 6.61 Å². The lowest BCUT2D eigenvalue weighted by atomic mass is 9.83. The molecule has 0 aromatic rings. The van der Waals surface area contributed by atoms with Gasteiger partial charge in [0.1, 0.15) is 0 Å². The average Bonchev–Trinajstić information content (AvgIpc) is 1.79. The quantitative estimate of drug-likeness (QED) is 0.627. The molecule has 12 heavy (non-hydrogen) atoms.